The summed E-state index contributed by atoms with van der Waals surface area (Å²) in [5.74, 6) is 0.350. The summed E-state index contributed by atoms with van der Waals surface area (Å²) in [6.07, 6.45) is 0. The lowest BCUT2D eigenvalue weighted by molar-refractivity contribution is 0.204. The first-order valence-electron chi connectivity index (χ1n) is 9.28. The van der Waals surface area contributed by atoms with Crippen LogP contribution in [0.3, 0.4) is 0 Å². The van der Waals surface area contributed by atoms with Crippen LogP contribution in [0, 0.1) is 5.82 Å². The van der Waals surface area contributed by atoms with Gasteiger partial charge in [-0.15, -0.1) is 24.0 Å². The average molecular weight is 550 g/mol. The summed E-state index contributed by atoms with van der Waals surface area (Å²) in [6.45, 7) is 4.08. The molecule has 0 spiro atoms. The molecule has 0 aliphatic carbocycles. The van der Waals surface area contributed by atoms with E-state index in [4.69, 9.17) is 4.74 Å². The van der Waals surface area contributed by atoms with Gasteiger partial charge in [-0.2, -0.15) is 0 Å². The number of benzene rings is 2. The van der Waals surface area contributed by atoms with Crippen molar-refractivity contribution in [1.29, 1.82) is 0 Å². The molecule has 10 heteroatoms. The van der Waals surface area contributed by atoms with Crippen LogP contribution in [-0.2, 0) is 27.8 Å². The number of sulfonamides is 1. The number of guanidine groups is 1. The topological polar surface area (TPSA) is 91.8 Å². The van der Waals surface area contributed by atoms with Crippen LogP contribution in [0.1, 0.15) is 18.1 Å². The van der Waals surface area contributed by atoms with Crippen LogP contribution < -0.4 is 15.4 Å². The van der Waals surface area contributed by atoms with E-state index < -0.39 is 10.0 Å². The third kappa shape index (κ3) is 8.94. The Morgan fingerprint density at radius 1 is 1.03 bits per heavy atom. The predicted molar refractivity (Wildman–Crippen MR) is 127 cm³/mol. The van der Waals surface area contributed by atoms with Crippen LogP contribution in [0.2, 0.25) is 0 Å². The fourth-order valence-electron chi connectivity index (χ4n) is 2.44. The van der Waals surface area contributed by atoms with E-state index in [1.54, 1.807) is 36.4 Å². The molecule has 7 nitrogen and oxygen atoms in total. The Kier molecular flexibility index (Phi) is 11.8. The molecule has 0 saturated heterocycles. The molecule has 0 heterocycles. The monoisotopic (exact) mass is 550 g/mol. The lowest BCUT2D eigenvalue weighted by Crippen LogP contribution is -2.36. The molecule has 0 saturated carbocycles. The largest absolute Gasteiger partial charge is 0.383 e. The molecule has 2 aromatic carbocycles. The predicted octanol–water partition coefficient (Wildman–Crippen LogP) is 2.62. The molecule has 2 aromatic rings. The van der Waals surface area contributed by atoms with Gasteiger partial charge in [-0.3, -0.25) is 0 Å². The molecule has 0 aliphatic rings. The van der Waals surface area contributed by atoms with Gasteiger partial charge in [-0.05, 0) is 42.3 Å². The Labute approximate surface area is 194 Å². The maximum atomic E-state index is 13.0. The number of halogens is 2. The number of rotatable bonds is 10. The minimum atomic E-state index is -3.55. The highest BCUT2D eigenvalue weighted by Gasteiger charge is 2.12. The Hall–Kier alpha value is -1.76. The molecule has 0 bridgehead atoms. The molecule has 2 rings (SSSR count). The van der Waals surface area contributed by atoms with E-state index in [-0.39, 0.29) is 41.2 Å². The molecule has 166 valence electrons. The van der Waals surface area contributed by atoms with Gasteiger partial charge in [-0.25, -0.2) is 22.5 Å². The molecule has 30 heavy (non-hydrogen) atoms. The summed E-state index contributed by atoms with van der Waals surface area (Å²) < 4.78 is 44.7. The molecule has 3 N–H and O–H groups in total. The quantitative estimate of drug-likeness (QED) is 0.183. The Morgan fingerprint density at radius 2 is 1.67 bits per heavy atom. The number of methoxy groups -OCH3 is 1. The molecular weight excluding hydrogens is 522 g/mol. The fourth-order valence-corrected chi connectivity index (χ4v) is 3.45. The molecular formula is C20H28FIN4O3S. The van der Waals surface area contributed by atoms with Crippen molar-refractivity contribution in [3.63, 3.8) is 0 Å². The number of nitrogens with zero attached hydrogens (tertiary/aromatic N) is 1. The summed E-state index contributed by atoms with van der Waals surface area (Å²) in [7, 11) is -2.04. The molecule has 0 aromatic heterocycles. The van der Waals surface area contributed by atoms with Gasteiger partial charge in [0.25, 0.3) is 0 Å². The minimum Gasteiger partial charge on any atom is -0.383 e. The molecule has 0 atom stereocenters. The van der Waals surface area contributed by atoms with Gasteiger partial charge < -0.3 is 15.4 Å². The highest BCUT2D eigenvalue weighted by molar-refractivity contribution is 14.0. The molecule has 0 fully saturated rings. The van der Waals surface area contributed by atoms with Crippen molar-refractivity contribution >= 4 is 40.0 Å². The summed E-state index contributed by atoms with van der Waals surface area (Å²) in [5.41, 5.74) is 1.81. The van der Waals surface area contributed by atoms with E-state index in [0.29, 0.717) is 32.2 Å². The number of ether oxygens (including phenoxy) is 1. The van der Waals surface area contributed by atoms with Crippen LogP contribution in [0.4, 0.5) is 4.39 Å². The lowest BCUT2D eigenvalue weighted by atomic mass is 10.2. The first-order chi connectivity index (χ1) is 13.9. The van der Waals surface area contributed by atoms with Gasteiger partial charge in [0.05, 0.1) is 18.0 Å². The molecule has 0 unspecified atom stereocenters. The first kappa shape index (κ1) is 26.3. The van der Waals surface area contributed by atoms with Crippen molar-refractivity contribution in [1.82, 2.24) is 15.4 Å². The Morgan fingerprint density at radius 3 is 2.27 bits per heavy atom. The van der Waals surface area contributed by atoms with Gasteiger partial charge in [0.15, 0.2) is 5.96 Å². The Balaban J connectivity index is 0.00000450. The van der Waals surface area contributed by atoms with Crippen LogP contribution in [-0.4, -0.2) is 41.2 Å². The fraction of sp³-hybridized carbons (Fsp3) is 0.350. The zero-order valence-electron chi connectivity index (χ0n) is 17.0. The summed E-state index contributed by atoms with van der Waals surface area (Å²) >= 11 is 0. The lowest BCUT2D eigenvalue weighted by Gasteiger charge is -2.11. The zero-order valence-corrected chi connectivity index (χ0v) is 20.2. The number of aliphatic imine (C=N–C) groups is 1. The van der Waals surface area contributed by atoms with Crippen molar-refractivity contribution in [2.45, 2.75) is 24.9 Å². The standard InChI is InChI=1S/C20H27FN4O3S.HI/c1-3-22-20(23-14-16-4-8-18(21)9-5-16)24-15-17-6-10-19(11-7-17)29(26,27)25-12-13-28-2;/h4-11,25H,3,12-15H2,1-2H3,(H2,22,23,24);1H. The van der Waals surface area contributed by atoms with Gasteiger partial charge in [-0.1, -0.05) is 24.3 Å². The van der Waals surface area contributed by atoms with E-state index in [0.717, 1.165) is 11.1 Å². The number of hydrogen-bond donors (Lipinski definition) is 3. The highest BCUT2D eigenvalue weighted by Crippen LogP contribution is 2.11. The minimum absolute atomic E-state index is 0. The SMILES string of the molecule is CCNC(=NCc1ccc(S(=O)(=O)NCCOC)cc1)NCc1ccc(F)cc1.I. The third-order valence-electron chi connectivity index (χ3n) is 3.97. The van der Waals surface area contributed by atoms with Gasteiger partial charge in [0.1, 0.15) is 5.82 Å². The zero-order chi connectivity index (χ0) is 21.1. The van der Waals surface area contributed by atoms with E-state index in [1.165, 1.54) is 19.2 Å². The highest BCUT2D eigenvalue weighted by atomic mass is 127. The smallest absolute Gasteiger partial charge is 0.240 e. The van der Waals surface area contributed by atoms with Gasteiger partial charge in [0, 0.05) is 26.7 Å². The maximum absolute atomic E-state index is 13.0. The van der Waals surface area contributed by atoms with E-state index in [1.807, 2.05) is 6.92 Å². The van der Waals surface area contributed by atoms with Gasteiger partial charge >= 0.3 is 0 Å². The first-order valence-corrected chi connectivity index (χ1v) is 10.8. The van der Waals surface area contributed by atoms with Crippen molar-refractivity contribution < 1.29 is 17.5 Å². The normalized spacial score (nSPS) is 11.6. The van der Waals surface area contributed by atoms with E-state index in [2.05, 4.69) is 20.3 Å². The molecule has 0 radical (unpaired) electrons. The van der Waals surface area contributed by atoms with Crippen LogP contribution in [0.5, 0.6) is 0 Å². The number of hydrogen-bond acceptors (Lipinski definition) is 4. The van der Waals surface area contributed by atoms with Crippen molar-refractivity contribution in [2.75, 3.05) is 26.8 Å². The Bertz CT molecular complexity index is 891. The second-order valence-electron chi connectivity index (χ2n) is 6.21. The van der Waals surface area contributed by atoms with Crippen LogP contribution in [0.15, 0.2) is 58.4 Å². The third-order valence-corrected chi connectivity index (χ3v) is 5.45. The van der Waals surface area contributed by atoms with E-state index in [9.17, 15) is 12.8 Å². The van der Waals surface area contributed by atoms with Crippen LogP contribution in [0.25, 0.3) is 0 Å². The van der Waals surface area contributed by atoms with Crippen molar-refractivity contribution in [3.05, 3.63) is 65.5 Å². The van der Waals surface area contributed by atoms with Crippen molar-refractivity contribution in [2.24, 2.45) is 4.99 Å². The molecule has 0 aliphatic heterocycles. The van der Waals surface area contributed by atoms with Gasteiger partial charge in [0.2, 0.25) is 10.0 Å². The second-order valence-corrected chi connectivity index (χ2v) is 7.98. The second kappa shape index (κ2) is 13.5. The van der Waals surface area contributed by atoms with Crippen molar-refractivity contribution in [3.8, 4) is 0 Å². The molecule has 0 amide bonds. The summed E-state index contributed by atoms with van der Waals surface area (Å²) in [6, 6.07) is 12.8. The average Bonchev–Trinajstić information content (AvgIpc) is 2.72. The number of nitrogens with one attached hydrogen (secondary N) is 3. The maximum Gasteiger partial charge on any atom is 0.240 e. The summed E-state index contributed by atoms with van der Waals surface area (Å²) in [5, 5.41) is 6.34. The summed E-state index contributed by atoms with van der Waals surface area (Å²) in [4.78, 5) is 4.70. The van der Waals surface area contributed by atoms with E-state index >= 15 is 0 Å². The van der Waals surface area contributed by atoms with Crippen LogP contribution >= 0.6 is 24.0 Å².